The molecule has 0 aliphatic rings. The molecule has 0 amide bonds. The van der Waals surface area contributed by atoms with E-state index in [1.54, 1.807) is 29.3 Å². The molecule has 2 aromatic rings. The SMILES string of the molecule is Nc1cnc(-n2ccnn2)c(Br)c1. The van der Waals surface area contributed by atoms with Gasteiger partial charge in [-0.05, 0) is 22.0 Å². The fourth-order valence-corrected chi connectivity index (χ4v) is 1.48. The highest BCUT2D eigenvalue weighted by Gasteiger charge is 2.04. The summed E-state index contributed by atoms with van der Waals surface area (Å²) in [6, 6.07) is 1.77. The summed E-state index contributed by atoms with van der Waals surface area (Å²) < 4.78 is 2.35. The second kappa shape index (κ2) is 3.14. The first-order chi connectivity index (χ1) is 6.27. The maximum absolute atomic E-state index is 5.54. The lowest BCUT2D eigenvalue weighted by Gasteiger charge is -2.02. The van der Waals surface area contributed by atoms with Gasteiger partial charge in [-0.15, -0.1) is 5.10 Å². The predicted molar refractivity (Wildman–Crippen MR) is 51.3 cm³/mol. The molecule has 0 radical (unpaired) electrons. The number of nitrogens with two attached hydrogens (primary N) is 1. The lowest BCUT2D eigenvalue weighted by Crippen LogP contribution is -2.00. The normalized spacial score (nSPS) is 10.2. The van der Waals surface area contributed by atoms with Gasteiger partial charge in [-0.2, -0.15) is 0 Å². The molecule has 0 spiro atoms. The molecule has 2 heterocycles. The van der Waals surface area contributed by atoms with Crippen molar-refractivity contribution < 1.29 is 0 Å². The van der Waals surface area contributed by atoms with Crippen LogP contribution < -0.4 is 5.73 Å². The number of hydrogen-bond acceptors (Lipinski definition) is 4. The van der Waals surface area contributed by atoms with Crippen LogP contribution in [0.3, 0.4) is 0 Å². The van der Waals surface area contributed by atoms with E-state index in [1.807, 2.05) is 0 Å². The summed E-state index contributed by atoms with van der Waals surface area (Å²) in [5.41, 5.74) is 6.15. The fourth-order valence-electron chi connectivity index (χ4n) is 0.935. The van der Waals surface area contributed by atoms with Crippen molar-refractivity contribution in [3.8, 4) is 5.82 Å². The molecule has 66 valence electrons. The Morgan fingerprint density at radius 3 is 2.92 bits per heavy atom. The predicted octanol–water partition coefficient (Wildman–Crippen LogP) is 1.01. The van der Waals surface area contributed by atoms with Gasteiger partial charge in [0, 0.05) is 0 Å². The van der Waals surface area contributed by atoms with Gasteiger partial charge in [0.2, 0.25) is 0 Å². The smallest absolute Gasteiger partial charge is 0.169 e. The minimum Gasteiger partial charge on any atom is -0.397 e. The van der Waals surface area contributed by atoms with Crippen LogP contribution in [0, 0.1) is 0 Å². The van der Waals surface area contributed by atoms with Crippen molar-refractivity contribution in [1.82, 2.24) is 20.0 Å². The van der Waals surface area contributed by atoms with E-state index in [0.29, 0.717) is 11.5 Å². The van der Waals surface area contributed by atoms with E-state index in [-0.39, 0.29) is 0 Å². The number of pyridine rings is 1. The lowest BCUT2D eigenvalue weighted by molar-refractivity contribution is 0.778. The first kappa shape index (κ1) is 8.18. The minimum absolute atomic E-state index is 0.607. The van der Waals surface area contributed by atoms with Crippen LogP contribution >= 0.6 is 15.9 Å². The number of nitrogen functional groups attached to an aromatic ring is 1. The standard InChI is InChI=1S/C7H6BrN5/c8-6-3-5(9)4-10-7(6)13-2-1-11-12-13/h1-4H,9H2. The van der Waals surface area contributed by atoms with Crippen molar-refractivity contribution >= 4 is 21.6 Å². The van der Waals surface area contributed by atoms with E-state index in [1.165, 1.54) is 0 Å². The van der Waals surface area contributed by atoms with Crippen LogP contribution in [0.5, 0.6) is 0 Å². The van der Waals surface area contributed by atoms with Crippen LogP contribution in [0.25, 0.3) is 5.82 Å². The first-order valence-corrected chi connectivity index (χ1v) is 4.34. The van der Waals surface area contributed by atoms with Crippen molar-refractivity contribution in [3.63, 3.8) is 0 Å². The number of halogens is 1. The van der Waals surface area contributed by atoms with Gasteiger partial charge in [0.1, 0.15) is 0 Å². The molecule has 0 bridgehead atoms. The molecule has 5 nitrogen and oxygen atoms in total. The largest absolute Gasteiger partial charge is 0.397 e. The lowest BCUT2D eigenvalue weighted by atomic mass is 10.4. The molecule has 0 atom stereocenters. The van der Waals surface area contributed by atoms with Gasteiger partial charge in [-0.1, -0.05) is 5.21 Å². The molecule has 0 saturated heterocycles. The van der Waals surface area contributed by atoms with Crippen LogP contribution in [0.4, 0.5) is 5.69 Å². The molecular weight excluding hydrogens is 234 g/mol. The van der Waals surface area contributed by atoms with Gasteiger partial charge < -0.3 is 5.73 Å². The zero-order valence-electron chi connectivity index (χ0n) is 6.55. The molecule has 0 unspecified atom stereocenters. The zero-order chi connectivity index (χ0) is 9.26. The fraction of sp³-hybridized carbons (Fsp3) is 0. The molecule has 0 fully saturated rings. The second-order valence-corrected chi connectivity index (χ2v) is 3.28. The Morgan fingerprint density at radius 2 is 2.31 bits per heavy atom. The van der Waals surface area contributed by atoms with Crippen molar-refractivity contribution in [2.45, 2.75) is 0 Å². The highest BCUT2D eigenvalue weighted by atomic mass is 79.9. The van der Waals surface area contributed by atoms with Gasteiger partial charge in [0.05, 0.1) is 28.8 Å². The van der Waals surface area contributed by atoms with E-state index in [0.717, 1.165) is 4.47 Å². The molecule has 0 saturated carbocycles. The molecule has 2 N–H and O–H groups in total. The summed E-state index contributed by atoms with van der Waals surface area (Å²) in [7, 11) is 0. The average Bonchev–Trinajstić information content (AvgIpc) is 2.56. The molecule has 0 aromatic carbocycles. The Morgan fingerprint density at radius 1 is 1.46 bits per heavy atom. The summed E-state index contributed by atoms with van der Waals surface area (Å²) >= 11 is 3.34. The van der Waals surface area contributed by atoms with E-state index < -0.39 is 0 Å². The van der Waals surface area contributed by atoms with Crippen molar-refractivity contribution in [1.29, 1.82) is 0 Å². The number of aromatic nitrogens is 4. The zero-order valence-corrected chi connectivity index (χ0v) is 8.14. The Labute approximate surface area is 82.7 Å². The Balaban J connectivity index is 2.53. The van der Waals surface area contributed by atoms with E-state index in [2.05, 4.69) is 31.2 Å². The number of hydrogen-bond donors (Lipinski definition) is 1. The third kappa shape index (κ3) is 1.52. The van der Waals surface area contributed by atoms with Gasteiger partial charge in [0.15, 0.2) is 5.82 Å². The second-order valence-electron chi connectivity index (χ2n) is 2.42. The molecule has 0 aliphatic carbocycles. The van der Waals surface area contributed by atoms with Crippen LogP contribution in [0.2, 0.25) is 0 Å². The summed E-state index contributed by atoms with van der Waals surface area (Å²) in [5, 5.41) is 7.49. The third-order valence-corrected chi connectivity index (χ3v) is 2.07. The van der Waals surface area contributed by atoms with Crippen LogP contribution in [-0.2, 0) is 0 Å². The van der Waals surface area contributed by atoms with Crippen molar-refractivity contribution in [2.24, 2.45) is 0 Å². The molecule has 2 aromatic heterocycles. The number of nitrogens with zero attached hydrogens (tertiary/aromatic N) is 4. The Bertz CT molecular complexity index is 411. The summed E-state index contributed by atoms with van der Waals surface area (Å²) in [4.78, 5) is 4.11. The van der Waals surface area contributed by atoms with Crippen molar-refractivity contribution in [3.05, 3.63) is 29.1 Å². The summed E-state index contributed by atoms with van der Waals surface area (Å²) in [5.74, 6) is 0.673. The highest BCUT2D eigenvalue weighted by Crippen LogP contribution is 2.19. The van der Waals surface area contributed by atoms with Crippen LogP contribution in [0.15, 0.2) is 29.1 Å². The van der Waals surface area contributed by atoms with Crippen LogP contribution in [0.1, 0.15) is 0 Å². The maximum Gasteiger partial charge on any atom is 0.169 e. The highest BCUT2D eigenvalue weighted by molar-refractivity contribution is 9.10. The first-order valence-electron chi connectivity index (χ1n) is 3.55. The van der Waals surface area contributed by atoms with E-state index >= 15 is 0 Å². The molecular formula is C7H6BrN5. The Hall–Kier alpha value is -1.43. The topological polar surface area (TPSA) is 69.6 Å². The van der Waals surface area contributed by atoms with Gasteiger partial charge in [-0.25, -0.2) is 9.67 Å². The molecule has 13 heavy (non-hydrogen) atoms. The summed E-state index contributed by atoms with van der Waals surface area (Å²) in [6.45, 7) is 0. The Kier molecular flexibility index (Phi) is 1.97. The number of anilines is 1. The molecule has 0 aliphatic heterocycles. The molecule has 6 heteroatoms. The van der Waals surface area contributed by atoms with Gasteiger partial charge in [0.25, 0.3) is 0 Å². The van der Waals surface area contributed by atoms with Gasteiger partial charge >= 0.3 is 0 Å². The minimum atomic E-state index is 0.607. The average molecular weight is 240 g/mol. The quantitative estimate of drug-likeness (QED) is 0.807. The van der Waals surface area contributed by atoms with E-state index in [4.69, 9.17) is 5.73 Å². The van der Waals surface area contributed by atoms with Gasteiger partial charge in [-0.3, -0.25) is 0 Å². The third-order valence-electron chi connectivity index (χ3n) is 1.48. The molecule has 2 rings (SSSR count). The van der Waals surface area contributed by atoms with E-state index in [9.17, 15) is 0 Å². The monoisotopic (exact) mass is 239 g/mol. The maximum atomic E-state index is 5.54. The van der Waals surface area contributed by atoms with Crippen molar-refractivity contribution in [2.75, 3.05) is 5.73 Å². The number of rotatable bonds is 1. The van der Waals surface area contributed by atoms with Crippen LogP contribution in [-0.4, -0.2) is 20.0 Å². The summed E-state index contributed by atoms with van der Waals surface area (Å²) in [6.07, 6.45) is 4.87.